The van der Waals surface area contributed by atoms with Gasteiger partial charge in [-0.05, 0) is 59.1 Å². The van der Waals surface area contributed by atoms with Crippen LogP contribution in [0, 0.1) is 16.7 Å². The monoisotopic (exact) mass is 718 g/mol. The Labute approximate surface area is 301 Å². The summed E-state index contributed by atoms with van der Waals surface area (Å²) in [5, 5.41) is 17.6. The van der Waals surface area contributed by atoms with E-state index in [-0.39, 0.29) is 36.4 Å². The number of benzene rings is 2. The van der Waals surface area contributed by atoms with Crippen molar-refractivity contribution < 1.29 is 23.1 Å². The lowest BCUT2D eigenvalue weighted by Crippen LogP contribution is -2.57. The first kappa shape index (κ1) is 38.0. The van der Waals surface area contributed by atoms with Crippen LogP contribution in [0.3, 0.4) is 0 Å². The van der Waals surface area contributed by atoms with Crippen molar-refractivity contribution in [3.05, 3.63) is 100 Å². The Morgan fingerprint density at radius 3 is 2.47 bits per heavy atom. The number of aliphatic hydroxyl groups is 1. The van der Waals surface area contributed by atoms with Crippen LogP contribution in [0.1, 0.15) is 68.2 Å². The Morgan fingerprint density at radius 2 is 1.78 bits per heavy atom. The van der Waals surface area contributed by atoms with E-state index in [0.29, 0.717) is 49.5 Å². The summed E-state index contributed by atoms with van der Waals surface area (Å²) >= 11 is 0. The molecule has 3 amide bonds. The minimum atomic E-state index is -4.07. The highest BCUT2D eigenvalue weighted by molar-refractivity contribution is 7.89. The van der Waals surface area contributed by atoms with E-state index < -0.39 is 34.1 Å². The average molecular weight is 719 g/mol. The number of hydrogen-bond acceptors (Lipinski definition) is 8. The number of sulfonamides is 1. The van der Waals surface area contributed by atoms with Gasteiger partial charge >= 0.3 is 6.03 Å². The van der Waals surface area contributed by atoms with Crippen molar-refractivity contribution in [2.24, 2.45) is 17.0 Å². The van der Waals surface area contributed by atoms with E-state index in [1.807, 2.05) is 56.3 Å². The number of hydrogen-bond donors (Lipinski definition) is 3. The minimum absolute atomic E-state index is 0.0474. The zero-order chi connectivity index (χ0) is 36.4. The molecule has 0 bridgehead atoms. The van der Waals surface area contributed by atoms with E-state index in [1.165, 1.54) is 6.07 Å². The van der Waals surface area contributed by atoms with Crippen molar-refractivity contribution in [3.8, 4) is 0 Å². The lowest BCUT2D eigenvalue weighted by Gasteiger charge is -2.33. The van der Waals surface area contributed by atoms with Crippen LogP contribution in [0.15, 0.2) is 83.1 Å². The number of carbonyl (C=O) groups is 2. The van der Waals surface area contributed by atoms with Crippen molar-refractivity contribution in [2.75, 3.05) is 19.6 Å². The Bertz CT molecular complexity index is 1720. The first-order chi connectivity index (χ1) is 24.6. The summed E-state index contributed by atoms with van der Waals surface area (Å²) in [4.78, 5) is 46.3. The van der Waals surface area contributed by atoms with E-state index in [4.69, 9.17) is 0 Å². The molecule has 1 aliphatic carbocycles. The smallest absolute Gasteiger partial charge is 0.321 e. The van der Waals surface area contributed by atoms with E-state index in [1.54, 1.807) is 34.3 Å². The van der Waals surface area contributed by atoms with E-state index in [0.717, 1.165) is 36.8 Å². The maximum atomic E-state index is 14.2. The maximum absolute atomic E-state index is 14.2. The summed E-state index contributed by atoms with van der Waals surface area (Å²) in [6.45, 7) is 4.71. The molecule has 3 aromatic rings. The normalized spacial score (nSPS) is 17.7. The molecular formula is C38H50N6O6S. The molecule has 2 aromatic carbocycles. The summed E-state index contributed by atoms with van der Waals surface area (Å²) < 4.78 is 30.1. The molecule has 0 spiro atoms. The summed E-state index contributed by atoms with van der Waals surface area (Å²) in [5.41, 5.74) is 3.02. The van der Waals surface area contributed by atoms with Gasteiger partial charge in [0.2, 0.25) is 15.9 Å². The highest BCUT2D eigenvalue weighted by Gasteiger charge is 2.41. The molecule has 1 aromatic heterocycles. The number of rotatable bonds is 18. The molecule has 51 heavy (non-hydrogen) atoms. The predicted molar refractivity (Wildman–Crippen MR) is 195 cm³/mol. The number of nitrogens with zero attached hydrogens (tertiary/aromatic N) is 4. The summed E-state index contributed by atoms with van der Waals surface area (Å²) in [5.74, 6) is -0.226. The van der Waals surface area contributed by atoms with E-state index in [9.17, 15) is 28.0 Å². The molecule has 0 unspecified atom stereocenters. The van der Waals surface area contributed by atoms with Gasteiger partial charge < -0.3 is 20.2 Å². The SMILES string of the molecule is CC[C@H](C)[C@@H](C(=O)N[C@@H](Cc1ccccc1)[C@H](O)CNS(=O)(=O)c1ccc(CN=O)cc1CC1CCCC1)N1CCN(Cc2cccnc2)C1=O. The minimum Gasteiger partial charge on any atom is -0.390 e. The van der Waals surface area contributed by atoms with Gasteiger partial charge in [0.25, 0.3) is 0 Å². The number of carbonyl (C=O) groups excluding carboxylic acids is 2. The van der Waals surface area contributed by atoms with Gasteiger partial charge in [0.05, 0.1) is 17.0 Å². The Morgan fingerprint density at radius 1 is 1.04 bits per heavy atom. The molecular weight excluding hydrogens is 669 g/mol. The van der Waals surface area contributed by atoms with Gasteiger partial charge in [0.15, 0.2) is 0 Å². The van der Waals surface area contributed by atoms with Crippen LogP contribution in [0.5, 0.6) is 0 Å². The van der Waals surface area contributed by atoms with Crippen molar-refractivity contribution in [1.29, 1.82) is 0 Å². The zero-order valence-corrected chi connectivity index (χ0v) is 30.3. The Hall–Kier alpha value is -4.20. The third kappa shape index (κ3) is 9.99. The molecule has 1 aliphatic heterocycles. The standard InChI is InChI=1S/C38H50N6O6S/c1-3-27(2)36(44-19-18-43(38(44)47)26-31-14-9-17-39-23-31)37(46)42-33(22-29-10-5-4-6-11-29)34(45)25-41-51(49,50)35-16-15-30(24-40-48)21-32(35)20-28-12-7-8-13-28/h4-6,9-11,14-17,21,23,27-28,33-34,36,41,45H,3,7-8,12-13,18-20,22,24-26H2,1-2H3,(H,42,46)/t27-,33-,34+,36-/m0/s1. The van der Waals surface area contributed by atoms with E-state index in [2.05, 4.69) is 20.2 Å². The summed E-state index contributed by atoms with van der Waals surface area (Å²) in [6, 6.07) is 16.0. The van der Waals surface area contributed by atoms with Crippen LogP contribution in [0.2, 0.25) is 0 Å². The number of nitrogens with one attached hydrogen (secondary N) is 2. The third-order valence-electron chi connectivity index (χ3n) is 10.2. The van der Waals surface area contributed by atoms with Crippen LogP contribution < -0.4 is 10.0 Å². The number of urea groups is 1. The molecule has 0 radical (unpaired) electrons. The maximum Gasteiger partial charge on any atom is 0.321 e. The molecule has 2 heterocycles. The van der Waals surface area contributed by atoms with Crippen LogP contribution in [0.4, 0.5) is 4.79 Å². The quantitative estimate of drug-likeness (QED) is 0.159. The number of nitroso groups, excluding NO2 is 1. The van der Waals surface area contributed by atoms with Gasteiger partial charge in [-0.25, -0.2) is 17.9 Å². The largest absolute Gasteiger partial charge is 0.390 e. The number of aliphatic hydroxyl groups excluding tert-OH is 1. The first-order valence-electron chi connectivity index (χ1n) is 18.0. The molecule has 12 nitrogen and oxygen atoms in total. The van der Waals surface area contributed by atoms with Crippen molar-refractivity contribution >= 4 is 22.0 Å². The molecule has 13 heteroatoms. The molecule has 274 valence electrons. The molecule has 2 aliphatic rings. The molecule has 1 saturated heterocycles. The Kier molecular flexibility index (Phi) is 13.3. The van der Waals surface area contributed by atoms with Crippen molar-refractivity contribution in [3.63, 3.8) is 0 Å². The second-order valence-corrected chi connectivity index (χ2v) is 15.6. The lowest BCUT2D eigenvalue weighted by atomic mass is 9.95. The summed E-state index contributed by atoms with van der Waals surface area (Å²) in [6.07, 6.45) is 7.80. The number of aromatic nitrogens is 1. The molecule has 4 atom stereocenters. The fourth-order valence-corrected chi connectivity index (χ4v) is 8.52. The van der Waals surface area contributed by atoms with Crippen LogP contribution >= 0.6 is 0 Å². The zero-order valence-electron chi connectivity index (χ0n) is 29.5. The number of pyridine rings is 1. The fraction of sp³-hybridized carbons (Fsp3) is 0.500. The first-order valence-corrected chi connectivity index (χ1v) is 19.4. The highest BCUT2D eigenvalue weighted by Crippen LogP contribution is 2.31. The molecule has 3 N–H and O–H groups in total. The second kappa shape index (κ2) is 17.8. The molecule has 5 rings (SSSR count). The van der Waals surface area contributed by atoms with Gasteiger partial charge in [0, 0.05) is 38.6 Å². The van der Waals surface area contributed by atoms with Gasteiger partial charge in [-0.1, -0.05) is 99.7 Å². The number of amides is 3. The molecule has 2 fully saturated rings. The van der Waals surface area contributed by atoms with Crippen LogP contribution in [0.25, 0.3) is 0 Å². The fourth-order valence-electron chi connectivity index (χ4n) is 7.24. The topological polar surface area (TPSA) is 161 Å². The average Bonchev–Trinajstić information content (AvgIpc) is 3.77. The van der Waals surface area contributed by atoms with Gasteiger partial charge in [-0.2, -0.15) is 4.91 Å². The van der Waals surface area contributed by atoms with Crippen molar-refractivity contribution in [1.82, 2.24) is 24.8 Å². The molecule has 1 saturated carbocycles. The van der Waals surface area contributed by atoms with E-state index >= 15 is 0 Å². The summed E-state index contributed by atoms with van der Waals surface area (Å²) in [7, 11) is -4.07. The Balaban J connectivity index is 1.33. The van der Waals surface area contributed by atoms with Gasteiger partial charge in [0.1, 0.15) is 12.6 Å². The van der Waals surface area contributed by atoms with Gasteiger partial charge in [-0.15, -0.1) is 0 Å². The van der Waals surface area contributed by atoms with Crippen molar-refractivity contribution in [2.45, 2.75) is 95.0 Å². The van der Waals surface area contributed by atoms with Crippen LogP contribution in [-0.4, -0.2) is 78.1 Å². The highest BCUT2D eigenvalue weighted by atomic mass is 32.2. The predicted octanol–water partition coefficient (Wildman–Crippen LogP) is 4.80. The van der Waals surface area contributed by atoms with Crippen LogP contribution in [-0.2, 0) is 40.7 Å². The second-order valence-electron chi connectivity index (χ2n) is 13.9. The van der Waals surface area contributed by atoms with Gasteiger partial charge in [-0.3, -0.25) is 9.78 Å². The third-order valence-corrected chi connectivity index (χ3v) is 11.8. The lowest BCUT2D eigenvalue weighted by molar-refractivity contribution is -0.128.